The number of aromatic nitrogens is 2. The van der Waals surface area contributed by atoms with Crippen molar-refractivity contribution in [1.82, 2.24) is 10.2 Å². The number of benzene rings is 1. The van der Waals surface area contributed by atoms with Crippen LogP contribution in [0, 0.1) is 0 Å². The topological polar surface area (TPSA) is 68.4 Å². The summed E-state index contributed by atoms with van der Waals surface area (Å²) in [6, 6.07) is 3.36. The number of nitrogens with zero attached hydrogens (tertiary/aromatic N) is 2. The molecule has 0 saturated carbocycles. The summed E-state index contributed by atoms with van der Waals surface area (Å²) >= 11 is 0. The van der Waals surface area contributed by atoms with E-state index in [1.54, 1.807) is 0 Å². The standard InChI is InChI=1S/C13H13F3N2O3/c1-2-11-17-18-12(21-11)7-20-10-4-3-8(6-19)5-9(10)13(14,15)16/h3-5,19H,2,6-7H2,1H3. The Morgan fingerprint density at radius 2 is 1.95 bits per heavy atom. The minimum absolute atomic E-state index is 0.103. The summed E-state index contributed by atoms with van der Waals surface area (Å²) in [5.74, 6) is 0.141. The van der Waals surface area contributed by atoms with E-state index < -0.39 is 18.3 Å². The first kappa shape index (κ1) is 15.3. The maximum Gasteiger partial charge on any atom is 0.419 e. The van der Waals surface area contributed by atoms with Crippen LogP contribution >= 0.6 is 0 Å². The van der Waals surface area contributed by atoms with Crippen LogP contribution in [0.3, 0.4) is 0 Å². The van der Waals surface area contributed by atoms with Gasteiger partial charge in [0.1, 0.15) is 5.75 Å². The van der Waals surface area contributed by atoms with E-state index in [0.29, 0.717) is 12.3 Å². The molecule has 0 unspecified atom stereocenters. The molecule has 21 heavy (non-hydrogen) atoms. The number of alkyl halides is 3. The molecule has 0 bridgehead atoms. The zero-order chi connectivity index (χ0) is 15.5. The largest absolute Gasteiger partial charge is 0.483 e. The minimum atomic E-state index is -4.58. The SMILES string of the molecule is CCc1nnc(COc2ccc(CO)cc2C(F)(F)F)o1. The first-order valence-corrected chi connectivity index (χ1v) is 6.19. The third kappa shape index (κ3) is 3.72. The van der Waals surface area contributed by atoms with Crippen molar-refractivity contribution in [3.63, 3.8) is 0 Å². The van der Waals surface area contributed by atoms with E-state index in [9.17, 15) is 13.2 Å². The average molecular weight is 302 g/mol. The van der Waals surface area contributed by atoms with Gasteiger partial charge in [0.15, 0.2) is 6.61 Å². The molecule has 0 aliphatic carbocycles. The van der Waals surface area contributed by atoms with Crippen molar-refractivity contribution in [3.8, 4) is 5.75 Å². The van der Waals surface area contributed by atoms with Crippen LogP contribution < -0.4 is 4.74 Å². The highest BCUT2D eigenvalue weighted by atomic mass is 19.4. The Kier molecular flexibility index (Phi) is 4.46. The molecule has 0 saturated heterocycles. The zero-order valence-corrected chi connectivity index (χ0v) is 11.1. The summed E-state index contributed by atoms with van der Waals surface area (Å²) in [5.41, 5.74) is -0.801. The van der Waals surface area contributed by atoms with Crippen molar-refractivity contribution < 1.29 is 27.4 Å². The highest BCUT2D eigenvalue weighted by molar-refractivity contribution is 5.39. The fourth-order valence-corrected chi connectivity index (χ4v) is 1.65. The Labute approximate surface area is 118 Å². The molecule has 1 aromatic carbocycles. The predicted octanol–water partition coefficient (Wildman–Crippen LogP) is 2.72. The summed E-state index contributed by atoms with van der Waals surface area (Å²) in [5, 5.41) is 16.3. The summed E-state index contributed by atoms with van der Waals surface area (Å²) in [6.07, 6.45) is -4.05. The van der Waals surface area contributed by atoms with Crippen LogP contribution in [-0.2, 0) is 25.8 Å². The number of halogens is 3. The number of aliphatic hydroxyl groups excluding tert-OH is 1. The lowest BCUT2D eigenvalue weighted by Gasteiger charge is -2.14. The molecule has 114 valence electrons. The quantitative estimate of drug-likeness (QED) is 0.919. The van der Waals surface area contributed by atoms with E-state index in [0.717, 1.165) is 12.1 Å². The van der Waals surface area contributed by atoms with E-state index in [1.165, 1.54) is 6.07 Å². The van der Waals surface area contributed by atoms with Gasteiger partial charge in [0.25, 0.3) is 5.89 Å². The van der Waals surface area contributed by atoms with Gasteiger partial charge in [-0.05, 0) is 17.7 Å². The number of aryl methyl sites for hydroxylation is 1. The van der Waals surface area contributed by atoms with Crippen LogP contribution in [-0.4, -0.2) is 15.3 Å². The maximum absolute atomic E-state index is 12.9. The van der Waals surface area contributed by atoms with E-state index in [1.807, 2.05) is 6.92 Å². The van der Waals surface area contributed by atoms with Crippen LogP contribution in [0.2, 0.25) is 0 Å². The normalized spacial score (nSPS) is 11.7. The first-order valence-electron chi connectivity index (χ1n) is 6.19. The van der Waals surface area contributed by atoms with Gasteiger partial charge < -0.3 is 14.3 Å². The monoisotopic (exact) mass is 302 g/mol. The van der Waals surface area contributed by atoms with Gasteiger partial charge in [-0.1, -0.05) is 13.0 Å². The van der Waals surface area contributed by atoms with Crippen molar-refractivity contribution in [2.75, 3.05) is 0 Å². The van der Waals surface area contributed by atoms with Crippen LogP contribution in [0.5, 0.6) is 5.75 Å². The lowest BCUT2D eigenvalue weighted by atomic mass is 10.1. The second kappa shape index (κ2) is 6.13. The molecular weight excluding hydrogens is 289 g/mol. The van der Waals surface area contributed by atoms with Gasteiger partial charge in [-0.15, -0.1) is 10.2 Å². The van der Waals surface area contributed by atoms with E-state index in [4.69, 9.17) is 14.3 Å². The maximum atomic E-state index is 12.9. The van der Waals surface area contributed by atoms with E-state index in [2.05, 4.69) is 10.2 Å². The third-order valence-electron chi connectivity index (χ3n) is 2.69. The smallest absolute Gasteiger partial charge is 0.419 e. The molecule has 1 aromatic heterocycles. The second-order valence-electron chi connectivity index (χ2n) is 4.22. The lowest BCUT2D eigenvalue weighted by molar-refractivity contribution is -0.139. The summed E-state index contributed by atoms with van der Waals surface area (Å²) in [4.78, 5) is 0. The fraction of sp³-hybridized carbons (Fsp3) is 0.385. The highest BCUT2D eigenvalue weighted by Gasteiger charge is 2.34. The fourth-order valence-electron chi connectivity index (χ4n) is 1.65. The van der Waals surface area contributed by atoms with Gasteiger partial charge in [-0.2, -0.15) is 13.2 Å². The van der Waals surface area contributed by atoms with Crippen LogP contribution in [0.4, 0.5) is 13.2 Å². The molecule has 5 nitrogen and oxygen atoms in total. The molecule has 0 fully saturated rings. The van der Waals surface area contributed by atoms with Gasteiger partial charge in [0.05, 0.1) is 12.2 Å². The predicted molar refractivity (Wildman–Crippen MR) is 65.4 cm³/mol. The summed E-state index contributed by atoms with van der Waals surface area (Å²) in [6.45, 7) is 1.08. The third-order valence-corrected chi connectivity index (χ3v) is 2.69. The highest BCUT2D eigenvalue weighted by Crippen LogP contribution is 2.37. The Morgan fingerprint density at radius 3 is 2.52 bits per heavy atom. The summed E-state index contributed by atoms with van der Waals surface area (Å²) in [7, 11) is 0. The number of hydrogen-bond acceptors (Lipinski definition) is 5. The van der Waals surface area contributed by atoms with Crippen molar-refractivity contribution in [3.05, 3.63) is 41.1 Å². The molecule has 2 aromatic rings. The molecular formula is C13H13F3N2O3. The molecule has 1 N–H and O–H groups in total. The number of hydrogen-bond donors (Lipinski definition) is 1. The van der Waals surface area contributed by atoms with Crippen LogP contribution in [0.15, 0.2) is 22.6 Å². The zero-order valence-electron chi connectivity index (χ0n) is 11.1. The number of ether oxygens (including phenoxy) is 1. The first-order chi connectivity index (χ1) is 9.94. The van der Waals surface area contributed by atoms with E-state index in [-0.39, 0.29) is 23.8 Å². The molecule has 0 spiro atoms. The van der Waals surface area contributed by atoms with Gasteiger partial charge in [0.2, 0.25) is 5.89 Å². The number of aliphatic hydroxyl groups is 1. The summed E-state index contributed by atoms with van der Waals surface area (Å²) < 4.78 is 49.1. The molecule has 8 heteroatoms. The van der Waals surface area contributed by atoms with Gasteiger partial charge >= 0.3 is 6.18 Å². The Morgan fingerprint density at radius 1 is 1.24 bits per heavy atom. The molecule has 2 rings (SSSR count). The van der Waals surface area contributed by atoms with E-state index >= 15 is 0 Å². The Hall–Kier alpha value is -2.09. The number of rotatable bonds is 5. The molecule has 0 aliphatic heterocycles. The van der Waals surface area contributed by atoms with Crippen molar-refractivity contribution in [1.29, 1.82) is 0 Å². The molecule has 0 amide bonds. The molecule has 0 atom stereocenters. The van der Waals surface area contributed by atoms with Crippen molar-refractivity contribution in [2.24, 2.45) is 0 Å². The van der Waals surface area contributed by atoms with Crippen molar-refractivity contribution >= 4 is 0 Å². The molecule has 1 heterocycles. The van der Waals surface area contributed by atoms with Crippen LogP contribution in [0.1, 0.15) is 29.8 Å². The van der Waals surface area contributed by atoms with Gasteiger partial charge in [-0.3, -0.25) is 0 Å². The van der Waals surface area contributed by atoms with Crippen LogP contribution in [0.25, 0.3) is 0 Å². The van der Waals surface area contributed by atoms with Crippen molar-refractivity contribution in [2.45, 2.75) is 32.7 Å². The Bertz CT molecular complexity index is 611. The minimum Gasteiger partial charge on any atom is -0.483 e. The second-order valence-corrected chi connectivity index (χ2v) is 4.22. The van der Waals surface area contributed by atoms with Gasteiger partial charge in [0, 0.05) is 6.42 Å². The van der Waals surface area contributed by atoms with Gasteiger partial charge in [-0.25, -0.2) is 0 Å². The molecule has 0 aliphatic rings. The Balaban J connectivity index is 2.19. The lowest BCUT2D eigenvalue weighted by Crippen LogP contribution is -2.09. The average Bonchev–Trinajstić information content (AvgIpc) is 2.92. The molecule has 0 radical (unpaired) electrons.